The molecule has 0 heterocycles. The normalized spacial score (nSPS) is 25.6. The van der Waals surface area contributed by atoms with Crippen LogP contribution >= 0.6 is 11.6 Å². The van der Waals surface area contributed by atoms with Gasteiger partial charge in [0.05, 0.1) is 0 Å². The average Bonchev–Trinajstić information content (AvgIpc) is 3.32. The van der Waals surface area contributed by atoms with E-state index in [0.29, 0.717) is 23.9 Å². The Kier molecular flexibility index (Phi) is 5.46. The summed E-state index contributed by atoms with van der Waals surface area (Å²) in [7, 11) is 0. The number of nitrogens with one attached hydrogen (secondary N) is 1. The summed E-state index contributed by atoms with van der Waals surface area (Å²) in [6, 6.07) is 8.26. The second kappa shape index (κ2) is 7.36. The molecule has 0 aromatic heterocycles. The fourth-order valence-corrected chi connectivity index (χ4v) is 4.44. The molecular weight excluding hydrogens is 290 g/mol. The monoisotopic (exact) mass is 319 g/mol. The molecule has 1 aromatic carbocycles. The molecule has 1 nitrogen and oxygen atoms in total. The third kappa shape index (κ3) is 3.68. The van der Waals surface area contributed by atoms with E-state index in [9.17, 15) is 0 Å². The third-order valence-corrected chi connectivity index (χ3v) is 6.05. The molecule has 2 saturated carbocycles. The van der Waals surface area contributed by atoms with Gasteiger partial charge in [-0.25, -0.2) is 0 Å². The summed E-state index contributed by atoms with van der Waals surface area (Å²) in [5.41, 5.74) is 2.84. The molecule has 1 N–H and O–H groups in total. The topological polar surface area (TPSA) is 12.0 Å². The van der Waals surface area contributed by atoms with Crippen molar-refractivity contribution in [3.63, 3.8) is 0 Å². The Morgan fingerprint density at radius 3 is 2.50 bits per heavy atom. The molecule has 0 aliphatic heterocycles. The van der Waals surface area contributed by atoms with Gasteiger partial charge in [0, 0.05) is 23.0 Å². The van der Waals surface area contributed by atoms with Crippen molar-refractivity contribution >= 4 is 11.6 Å². The number of hydrogen-bond donors (Lipinski definition) is 1. The van der Waals surface area contributed by atoms with E-state index in [1.807, 2.05) is 0 Å². The van der Waals surface area contributed by atoms with Crippen LogP contribution in [0.1, 0.15) is 88.2 Å². The minimum Gasteiger partial charge on any atom is -0.311 e. The summed E-state index contributed by atoms with van der Waals surface area (Å²) in [5, 5.41) is 4.80. The molecule has 0 radical (unpaired) electrons. The van der Waals surface area contributed by atoms with E-state index in [-0.39, 0.29) is 0 Å². The highest BCUT2D eigenvalue weighted by molar-refractivity contribution is 6.31. The second-order valence-electron chi connectivity index (χ2n) is 7.24. The number of benzene rings is 1. The van der Waals surface area contributed by atoms with Crippen molar-refractivity contribution in [2.75, 3.05) is 0 Å². The zero-order valence-corrected chi connectivity index (χ0v) is 14.8. The Bertz CT molecular complexity index is 488. The SMILES string of the molecule is CCC(CC)NC1CC1c1ccc(C2CCCCC2)c(Cl)c1. The summed E-state index contributed by atoms with van der Waals surface area (Å²) in [6.07, 6.45) is 10.5. The van der Waals surface area contributed by atoms with E-state index in [1.165, 1.54) is 62.5 Å². The van der Waals surface area contributed by atoms with Crippen LogP contribution in [0.25, 0.3) is 0 Å². The average molecular weight is 320 g/mol. The summed E-state index contributed by atoms with van der Waals surface area (Å²) in [5.74, 6) is 1.38. The molecule has 2 atom stereocenters. The maximum absolute atomic E-state index is 6.62. The molecule has 122 valence electrons. The van der Waals surface area contributed by atoms with Crippen molar-refractivity contribution in [3.05, 3.63) is 34.3 Å². The van der Waals surface area contributed by atoms with Gasteiger partial charge in [-0.1, -0.05) is 56.8 Å². The molecule has 0 amide bonds. The van der Waals surface area contributed by atoms with Gasteiger partial charge in [-0.2, -0.15) is 0 Å². The number of rotatable bonds is 6. The Labute approximate surface area is 140 Å². The van der Waals surface area contributed by atoms with Gasteiger partial charge < -0.3 is 5.32 Å². The van der Waals surface area contributed by atoms with Crippen LogP contribution in [0.2, 0.25) is 5.02 Å². The molecule has 2 fully saturated rings. The standard InChI is InChI=1S/C20H30ClN/c1-3-16(4-2)22-20-13-18(20)15-10-11-17(19(21)12-15)14-8-6-5-7-9-14/h10-12,14,16,18,20,22H,3-9,13H2,1-2H3. The van der Waals surface area contributed by atoms with Gasteiger partial charge in [0.25, 0.3) is 0 Å². The van der Waals surface area contributed by atoms with Gasteiger partial charge >= 0.3 is 0 Å². The predicted molar refractivity (Wildman–Crippen MR) is 95.9 cm³/mol. The van der Waals surface area contributed by atoms with Crippen molar-refractivity contribution in [2.45, 2.75) is 89.1 Å². The van der Waals surface area contributed by atoms with E-state index in [2.05, 4.69) is 37.4 Å². The Morgan fingerprint density at radius 2 is 1.86 bits per heavy atom. The first-order chi connectivity index (χ1) is 10.7. The zero-order chi connectivity index (χ0) is 15.5. The van der Waals surface area contributed by atoms with Crippen LogP contribution in [0.5, 0.6) is 0 Å². The lowest BCUT2D eigenvalue weighted by Gasteiger charge is -2.23. The Hall–Kier alpha value is -0.530. The highest BCUT2D eigenvalue weighted by Crippen LogP contribution is 2.44. The highest BCUT2D eigenvalue weighted by atomic mass is 35.5. The van der Waals surface area contributed by atoms with Gasteiger partial charge in [0.2, 0.25) is 0 Å². The van der Waals surface area contributed by atoms with E-state index < -0.39 is 0 Å². The molecule has 2 aliphatic carbocycles. The van der Waals surface area contributed by atoms with Crippen LogP contribution in [0.3, 0.4) is 0 Å². The minimum absolute atomic E-state index is 0.668. The molecule has 2 heteroatoms. The molecule has 1 aromatic rings. The Morgan fingerprint density at radius 1 is 1.14 bits per heavy atom. The van der Waals surface area contributed by atoms with Crippen LogP contribution in [0, 0.1) is 0 Å². The quantitative estimate of drug-likeness (QED) is 0.675. The van der Waals surface area contributed by atoms with Crippen LogP contribution in [0.4, 0.5) is 0 Å². The molecule has 22 heavy (non-hydrogen) atoms. The summed E-state index contributed by atoms with van der Waals surface area (Å²) in [6.45, 7) is 4.54. The molecular formula is C20H30ClN. The van der Waals surface area contributed by atoms with E-state index >= 15 is 0 Å². The van der Waals surface area contributed by atoms with Gasteiger partial charge in [-0.3, -0.25) is 0 Å². The van der Waals surface area contributed by atoms with Gasteiger partial charge in [0.1, 0.15) is 0 Å². The molecule has 0 spiro atoms. The zero-order valence-electron chi connectivity index (χ0n) is 14.1. The van der Waals surface area contributed by atoms with Gasteiger partial charge in [-0.15, -0.1) is 0 Å². The number of halogens is 1. The first kappa shape index (κ1) is 16.3. The summed E-state index contributed by atoms with van der Waals surface area (Å²) in [4.78, 5) is 0. The van der Waals surface area contributed by atoms with Crippen molar-refractivity contribution in [3.8, 4) is 0 Å². The van der Waals surface area contributed by atoms with Crippen molar-refractivity contribution in [2.24, 2.45) is 0 Å². The van der Waals surface area contributed by atoms with E-state index in [0.717, 1.165) is 5.02 Å². The van der Waals surface area contributed by atoms with Crippen LogP contribution < -0.4 is 5.32 Å². The summed E-state index contributed by atoms with van der Waals surface area (Å²) >= 11 is 6.62. The number of hydrogen-bond acceptors (Lipinski definition) is 1. The van der Waals surface area contributed by atoms with Crippen molar-refractivity contribution in [1.29, 1.82) is 0 Å². The van der Waals surface area contributed by atoms with E-state index in [1.54, 1.807) is 0 Å². The maximum Gasteiger partial charge on any atom is 0.0443 e. The van der Waals surface area contributed by atoms with Crippen molar-refractivity contribution < 1.29 is 0 Å². The second-order valence-corrected chi connectivity index (χ2v) is 7.65. The summed E-state index contributed by atoms with van der Waals surface area (Å²) < 4.78 is 0. The highest BCUT2D eigenvalue weighted by Gasteiger charge is 2.39. The Balaban J connectivity index is 1.63. The molecule has 2 aliphatic rings. The largest absolute Gasteiger partial charge is 0.311 e. The lowest BCUT2D eigenvalue weighted by molar-refractivity contribution is 0.443. The fraction of sp³-hybridized carbons (Fsp3) is 0.700. The lowest BCUT2D eigenvalue weighted by atomic mass is 9.83. The smallest absolute Gasteiger partial charge is 0.0443 e. The van der Waals surface area contributed by atoms with Crippen LogP contribution in [-0.2, 0) is 0 Å². The van der Waals surface area contributed by atoms with Crippen LogP contribution in [-0.4, -0.2) is 12.1 Å². The van der Waals surface area contributed by atoms with Crippen molar-refractivity contribution in [1.82, 2.24) is 5.32 Å². The first-order valence-corrected chi connectivity index (χ1v) is 9.66. The van der Waals surface area contributed by atoms with E-state index in [4.69, 9.17) is 11.6 Å². The molecule has 3 rings (SSSR count). The first-order valence-electron chi connectivity index (χ1n) is 9.28. The molecule has 0 bridgehead atoms. The van der Waals surface area contributed by atoms with Crippen LogP contribution in [0.15, 0.2) is 18.2 Å². The third-order valence-electron chi connectivity index (χ3n) is 5.72. The maximum atomic E-state index is 6.62. The minimum atomic E-state index is 0.668. The lowest BCUT2D eigenvalue weighted by Crippen LogP contribution is -2.30. The van der Waals surface area contributed by atoms with Gasteiger partial charge in [-0.05, 0) is 55.2 Å². The predicted octanol–water partition coefficient (Wildman–Crippen LogP) is 6.02. The fourth-order valence-electron chi connectivity index (χ4n) is 4.09. The molecule has 2 unspecified atom stereocenters. The molecule has 0 saturated heterocycles. The van der Waals surface area contributed by atoms with Gasteiger partial charge in [0.15, 0.2) is 0 Å².